The zero-order chi connectivity index (χ0) is 44.3. The Balaban J connectivity index is 1.02. The molecule has 1 aromatic heterocycles. The number of hydrogen-bond acceptors (Lipinski definition) is 2. The van der Waals surface area contributed by atoms with Crippen LogP contribution in [0.5, 0.6) is 0 Å². The van der Waals surface area contributed by atoms with Gasteiger partial charge in [0.2, 0.25) is 0 Å². The van der Waals surface area contributed by atoms with Crippen LogP contribution >= 0.6 is 11.3 Å². The quantitative estimate of drug-likeness (QED) is 0.147. The van der Waals surface area contributed by atoms with Gasteiger partial charge in [-0.15, -0.1) is 11.3 Å². The molecule has 1 nitrogen and oxygen atoms in total. The van der Waals surface area contributed by atoms with Gasteiger partial charge in [-0.05, 0) is 120 Å². The van der Waals surface area contributed by atoms with E-state index in [2.05, 4.69) is 266 Å². The highest BCUT2D eigenvalue weighted by molar-refractivity contribution is 7.26. The lowest BCUT2D eigenvalue weighted by Crippen LogP contribution is -2.28. The van der Waals surface area contributed by atoms with Crippen molar-refractivity contribution < 1.29 is 0 Å². The average molecular weight is 870 g/mol. The summed E-state index contributed by atoms with van der Waals surface area (Å²) < 4.78 is 2.54. The molecular weight excluding hydrogens is 827 g/mol. The topological polar surface area (TPSA) is 3.24 Å². The highest BCUT2D eigenvalue weighted by Gasteiger charge is 2.46. The lowest BCUT2D eigenvalue weighted by Gasteiger charge is -2.35. The average Bonchev–Trinajstić information content (AvgIpc) is 3.93. The molecule has 13 rings (SSSR count). The van der Waals surface area contributed by atoms with Crippen molar-refractivity contribution in [1.29, 1.82) is 0 Å². The van der Waals surface area contributed by atoms with Crippen molar-refractivity contribution in [2.75, 3.05) is 4.90 Å². The number of fused-ring (bicyclic) bond motifs is 7. The van der Waals surface area contributed by atoms with E-state index in [1.807, 2.05) is 11.3 Å². The zero-order valence-corrected chi connectivity index (χ0v) is 37.5. The van der Waals surface area contributed by atoms with E-state index >= 15 is 0 Å². The Morgan fingerprint density at radius 3 is 1.61 bits per heavy atom. The van der Waals surface area contributed by atoms with Crippen LogP contribution in [0.1, 0.15) is 22.3 Å². The van der Waals surface area contributed by atoms with E-state index in [0.717, 1.165) is 17.1 Å². The molecule has 0 radical (unpaired) electrons. The zero-order valence-electron chi connectivity index (χ0n) is 36.7. The number of rotatable bonds is 8. The first-order valence-corrected chi connectivity index (χ1v) is 23.9. The lowest BCUT2D eigenvalue weighted by molar-refractivity contribution is 0.768. The maximum absolute atomic E-state index is 2.47. The van der Waals surface area contributed by atoms with Crippen molar-refractivity contribution in [2.24, 2.45) is 0 Å². The van der Waals surface area contributed by atoms with Gasteiger partial charge >= 0.3 is 0 Å². The fourth-order valence-corrected chi connectivity index (χ4v) is 12.2. The maximum Gasteiger partial charge on any atom is 0.0714 e. The van der Waals surface area contributed by atoms with Crippen LogP contribution in [-0.4, -0.2) is 0 Å². The van der Waals surface area contributed by atoms with Crippen molar-refractivity contribution in [3.05, 3.63) is 283 Å². The van der Waals surface area contributed by atoms with Crippen molar-refractivity contribution >= 4 is 59.3 Å². The first kappa shape index (κ1) is 39.1. The number of hydrogen-bond donors (Lipinski definition) is 0. The molecule has 0 saturated carbocycles. The summed E-state index contributed by atoms with van der Waals surface area (Å²) in [5.41, 5.74) is 17.8. The second kappa shape index (κ2) is 16.0. The second-order valence-electron chi connectivity index (χ2n) is 17.5. The molecule has 0 spiro atoms. The van der Waals surface area contributed by atoms with Crippen LogP contribution < -0.4 is 4.90 Å². The van der Waals surface area contributed by atoms with Crippen LogP contribution in [0.25, 0.3) is 75.5 Å². The van der Waals surface area contributed by atoms with Gasteiger partial charge in [0.25, 0.3) is 0 Å². The normalized spacial score (nSPS) is 12.6. The first-order valence-electron chi connectivity index (χ1n) is 23.1. The molecule has 0 N–H and O–H groups in total. The van der Waals surface area contributed by atoms with E-state index in [4.69, 9.17) is 0 Å². The summed E-state index contributed by atoms with van der Waals surface area (Å²) in [5.74, 6) is 0. The van der Waals surface area contributed by atoms with E-state index in [0.29, 0.717) is 0 Å². The van der Waals surface area contributed by atoms with Crippen molar-refractivity contribution in [1.82, 2.24) is 0 Å². The Morgan fingerprint density at radius 2 is 0.836 bits per heavy atom. The smallest absolute Gasteiger partial charge is 0.0714 e. The molecule has 12 aromatic rings. The predicted octanol–water partition coefficient (Wildman–Crippen LogP) is 18.0. The molecule has 2 heteroatoms. The Morgan fingerprint density at radius 1 is 0.299 bits per heavy atom. The highest BCUT2D eigenvalue weighted by atomic mass is 32.1. The molecule has 1 heterocycles. The third kappa shape index (κ3) is 6.29. The predicted molar refractivity (Wildman–Crippen MR) is 285 cm³/mol. The highest BCUT2D eigenvalue weighted by Crippen LogP contribution is 2.57. The minimum atomic E-state index is -0.518. The minimum absolute atomic E-state index is 0.518. The maximum atomic E-state index is 2.47. The molecule has 314 valence electrons. The summed E-state index contributed by atoms with van der Waals surface area (Å²) in [4.78, 5) is 2.46. The van der Waals surface area contributed by atoms with Gasteiger partial charge in [0, 0.05) is 37.2 Å². The summed E-state index contributed by atoms with van der Waals surface area (Å²) >= 11 is 1.87. The molecule has 0 atom stereocenters. The van der Waals surface area contributed by atoms with E-state index < -0.39 is 5.41 Å². The van der Waals surface area contributed by atoms with Crippen LogP contribution in [0.2, 0.25) is 0 Å². The molecule has 0 amide bonds. The molecule has 0 unspecified atom stereocenters. The van der Waals surface area contributed by atoms with Crippen LogP contribution in [-0.2, 0) is 5.41 Å². The summed E-state index contributed by atoms with van der Waals surface area (Å²) in [7, 11) is 0. The molecule has 11 aromatic carbocycles. The van der Waals surface area contributed by atoms with E-state index in [1.165, 1.54) is 97.7 Å². The van der Waals surface area contributed by atoms with Gasteiger partial charge in [0.05, 0.1) is 5.41 Å². The van der Waals surface area contributed by atoms with Gasteiger partial charge in [-0.1, -0.05) is 218 Å². The molecule has 0 aliphatic heterocycles. The van der Waals surface area contributed by atoms with Gasteiger partial charge in [-0.2, -0.15) is 0 Å². The Kier molecular flexibility index (Phi) is 9.33. The Hall–Kier alpha value is -8.30. The van der Waals surface area contributed by atoms with Gasteiger partial charge in [-0.3, -0.25) is 0 Å². The number of thiophene rings is 1. The van der Waals surface area contributed by atoms with Gasteiger partial charge in [-0.25, -0.2) is 0 Å². The summed E-state index contributed by atoms with van der Waals surface area (Å²) in [6.07, 6.45) is 0. The third-order valence-electron chi connectivity index (χ3n) is 14.0. The summed E-state index contributed by atoms with van der Waals surface area (Å²) in [6.45, 7) is 0. The van der Waals surface area contributed by atoms with Crippen molar-refractivity contribution in [3.8, 4) is 44.5 Å². The van der Waals surface area contributed by atoms with Crippen molar-refractivity contribution in [2.45, 2.75) is 5.41 Å². The van der Waals surface area contributed by atoms with Gasteiger partial charge in [0.15, 0.2) is 0 Å². The molecular formula is C65H43NS. The standard InChI is InChI=1S/C65H43NS/c1-4-18-44(19-5-1)54-27-12-13-28-55(54)58-31-17-33-62-64(58)59-41-39-51(43-63(59)67-62)66(49-36-34-46(35-37-49)53-30-16-21-45-20-10-11-26-52(45)53)50-38-40-57-56-29-14-15-32-60(56)65(61(57)42-50,47-22-6-2-7-23-47)48-24-8-3-9-25-48/h1-43H. The Bertz CT molecular complexity index is 3750. The SMILES string of the molecule is c1ccc(-c2ccccc2-c2cccc3sc4cc(N(c5ccc(-c6cccc7ccccc67)cc5)c5ccc6c(c5)C(c5ccccc5)(c5ccccc5)c5ccccc5-6)ccc4c23)cc1. The van der Waals surface area contributed by atoms with Crippen LogP contribution in [0.3, 0.4) is 0 Å². The van der Waals surface area contributed by atoms with Gasteiger partial charge in [0.1, 0.15) is 0 Å². The number of nitrogens with zero attached hydrogens (tertiary/aromatic N) is 1. The number of benzene rings is 11. The van der Waals surface area contributed by atoms with Crippen LogP contribution in [0.4, 0.5) is 17.1 Å². The van der Waals surface area contributed by atoms with E-state index in [1.54, 1.807) is 0 Å². The van der Waals surface area contributed by atoms with Crippen LogP contribution in [0, 0.1) is 0 Å². The summed E-state index contributed by atoms with van der Waals surface area (Å²) in [6, 6.07) is 96.3. The fourth-order valence-electron chi connectivity index (χ4n) is 11.1. The first-order chi connectivity index (χ1) is 33.2. The third-order valence-corrected chi connectivity index (χ3v) is 15.1. The minimum Gasteiger partial charge on any atom is -0.310 e. The molecule has 67 heavy (non-hydrogen) atoms. The Labute approximate surface area is 395 Å². The number of anilines is 3. The molecule has 0 saturated heterocycles. The molecule has 1 aliphatic carbocycles. The molecule has 0 bridgehead atoms. The van der Waals surface area contributed by atoms with E-state index in [-0.39, 0.29) is 0 Å². The second-order valence-corrected chi connectivity index (χ2v) is 18.6. The van der Waals surface area contributed by atoms with E-state index in [9.17, 15) is 0 Å². The monoisotopic (exact) mass is 869 g/mol. The summed E-state index contributed by atoms with van der Waals surface area (Å²) in [5, 5.41) is 5.07. The fraction of sp³-hybridized carbons (Fsp3) is 0.0154. The molecule has 0 fully saturated rings. The lowest BCUT2D eigenvalue weighted by atomic mass is 9.67. The molecule has 1 aliphatic rings. The van der Waals surface area contributed by atoms with Crippen LogP contribution in [0.15, 0.2) is 261 Å². The van der Waals surface area contributed by atoms with Gasteiger partial charge < -0.3 is 4.90 Å². The van der Waals surface area contributed by atoms with Crippen molar-refractivity contribution in [3.63, 3.8) is 0 Å². The largest absolute Gasteiger partial charge is 0.310 e.